The maximum Gasteiger partial charge on any atom is 0.306 e. The molecule has 0 N–H and O–H groups in total. The normalized spacial score (nSPS) is 12.8. The molecule has 6 heteroatoms. The van der Waals surface area contributed by atoms with Crippen molar-refractivity contribution in [2.24, 2.45) is 0 Å². The van der Waals surface area contributed by atoms with Gasteiger partial charge in [0, 0.05) is 19.3 Å². The average Bonchev–Trinajstić information content (AvgIpc) is 3.35. The van der Waals surface area contributed by atoms with E-state index >= 15 is 0 Å². The second-order valence-corrected chi connectivity index (χ2v) is 18.8. The molecule has 394 valence electrons. The van der Waals surface area contributed by atoms with E-state index in [2.05, 4.69) is 118 Å². The molecule has 1 atom stereocenters. The topological polar surface area (TPSA) is 78.9 Å². The van der Waals surface area contributed by atoms with E-state index in [0.29, 0.717) is 12.8 Å². The zero-order valence-electron chi connectivity index (χ0n) is 45.0. The Bertz CT molecular complexity index is 1380. The summed E-state index contributed by atoms with van der Waals surface area (Å²) < 4.78 is 16.8. The quantitative estimate of drug-likeness (QED) is 0.0262. The van der Waals surface area contributed by atoms with Crippen molar-refractivity contribution < 1.29 is 28.6 Å². The first kappa shape index (κ1) is 65.3. The highest BCUT2D eigenvalue weighted by atomic mass is 16.6. The van der Waals surface area contributed by atoms with Crippen LogP contribution in [0, 0.1) is 0 Å². The SMILES string of the molecule is CC/C=C\C/C=C\C/C=C\C/C=C\CCCCCC(=O)OC(COC(=O)CCCCCCCC/C=C\C/C=C\C/C=C\CC)COC(=O)CCCCCCCCC/C=C\CCCCCCCCCC. The van der Waals surface area contributed by atoms with Crippen molar-refractivity contribution in [1.82, 2.24) is 0 Å². The van der Waals surface area contributed by atoms with Crippen LogP contribution in [-0.2, 0) is 28.6 Å². The molecule has 0 bridgehead atoms. The second-order valence-electron chi connectivity index (χ2n) is 18.8. The zero-order valence-corrected chi connectivity index (χ0v) is 45.0. The summed E-state index contributed by atoms with van der Waals surface area (Å²) in [5, 5.41) is 0. The van der Waals surface area contributed by atoms with Gasteiger partial charge in [-0.25, -0.2) is 0 Å². The molecule has 0 amide bonds. The molecular formula is C63H106O6. The van der Waals surface area contributed by atoms with Crippen molar-refractivity contribution in [3.63, 3.8) is 0 Å². The Morgan fingerprint density at radius 3 is 0.913 bits per heavy atom. The number of rotatable bonds is 51. The highest BCUT2D eigenvalue weighted by molar-refractivity contribution is 5.71. The molecule has 0 aromatic carbocycles. The van der Waals surface area contributed by atoms with Crippen LogP contribution in [0.15, 0.2) is 97.2 Å². The van der Waals surface area contributed by atoms with Crippen molar-refractivity contribution in [3.8, 4) is 0 Å². The van der Waals surface area contributed by atoms with E-state index in [-0.39, 0.29) is 37.5 Å². The second kappa shape index (κ2) is 56.9. The summed E-state index contributed by atoms with van der Waals surface area (Å²) in [4.78, 5) is 38.2. The van der Waals surface area contributed by atoms with Crippen LogP contribution in [0.25, 0.3) is 0 Å². The summed E-state index contributed by atoms with van der Waals surface area (Å²) in [5.41, 5.74) is 0. The maximum absolute atomic E-state index is 12.8. The molecule has 0 aliphatic rings. The summed E-state index contributed by atoms with van der Waals surface area (Å²) in [7, 11) is 0. The Balaban J connectivity index is 4.45. The van der Waals surface area contributed by atoms with Crippen molar-refractivity contribution in [2.75, 3.05) is 13.2 Å². The first-order chi connectivity index (χ1) is 34.0. The van der Waals surface area contributed by atoms with Gasteiger partial charge in [-0.2, -0.15) is 0 Å². The zero-order chi connectivity index (χ0) is 50.0. The van der Waals surface area contributed by atoms with Crippen molar-refractivity contribution in [3.05, 3.63) is 97.2 Å². The largest absolute Gasteiger partial charge is 0.462 e. The van der Waals surface area contributed by atoms with Gasteiger partial charge < -0.3 is 14.2 Å². The fourth-order valence-corrected chi connectivity index (χ4v) is 7.80. The first-order valence-corrected chi connectivity index (χ1v) is 28.7. The van der Waals surface area contributed by atoms with Gasteiger partial charge in [0.1, 0.15) is 13.2 Å². The molecule has 6 nitrogen and oxygen atoms in total. The van der Waals surface area contributed by atoms with Gasteiger partial charge >= 0.3 is 17.9 Å². The minimum atomic E-state index is -0.803. The Hall–Kier alpha value is -3.67. The number of allylic oxidation sites excluding steroid dienone is 16. The molecule has 0 aliphatic heterocycles. The predicted octanol–water partition coefficient (Wildman–Crippen LogP) is 19.3. The molecule has 0 rings (SSSR count). The molecular weight excluding hydrogens is 853 g/mol. The molecule has 0 spiro atoms. The van der Waals surface area contributed by atoms with Gasteiger partial charge in [-0.15, -0.1) is 0 Å². The minimum absolute atomic E-state index is 0.0974. The summed E-state index contributed by atoms with van der Waals surface area (Å²) in [5.74, 6) is -0.943. The van der Waals surface area contributed by atoms with Crippen LogP contribution >= 0.6 is 0 Å². The third-order valence-corrected chi connectivity index (χ3v) is 12.1. The number of carbonyl (C=O) groups is 3. The number of unbranched alkanes of at least 4 members (excludes halogenated alkanes) is 24. The average molecular weight is 960 g/mol. The van der Waals surface area contributed by atoms with Crippen LogP contribution in [0.4, 0.5) is 0 Å². The summed E-state index contributed by atoms with van der Waals surface area (Å²) in [6.45, 7) is 6.38. The standard InChI is InChI=1S/C63H106O6/c1-4-7-10-13-16-19-22-25-28-31-32-33-36-38-41-44-47-50-53-56-62(65)68-59-60(69-63(66)57-54-51-48-45-42-39-35-30-27-24-21-18-15-12-9-6-3)58-67-61(64)55-52-49-46-43-40-37-34-29-26-23-20-17-14-11-8-5-2/h8-9,11-12,17-18,20-21,26-27,29-32,39,42,60H,4-7,10,13-16,19,22-25,28,33-38,40-41,43-59H2,1-3H3/b11-8-,12-9-,20-17-,21-18-,29-26-,30-27-,32-31-,42-39-. The monoisotopic (exact) mass is 959 g/mol. The Labute approximate surface area is 426 Å². The lowest BCUT2D eigenvalue weighted by Gasteiger charge is -2.18. The van der Waals surface area contributed by atoms with Crippen LogP contribution in [0.1, 0.15) is 265 Å². The summed E-state index contributed by atoms with van der Waals surface area (Å²) in [6, 6.07) is 0. The number of hydrogen-bond acceptors (Lipinski definition) is 6. The van der Waals surface area contributed by atoms with Gasteiger partial charge in [0.25, 0.3) is 0 Å². The number of hydrogen-bond donors (Lipinski definition) is 0. The third-order valence-electron chi connectivity index (χ3n) is 12.1. The van der Waals surface area contributed by atoms with E-state index in [0.717, 1.165) is 122 Å². The van der Waals surface area contributed by atoms with Crippen LogP contribution in [-0.4, -0.2) is 37.2 Å². The van der Waals surface area contributed by atoms with Crippen LogP contribution in [0.3, 0.4) is 0 Å². The molecule has 0 saturated heterocycles. The van der Waals surface area contributed by atoms with E-state index in [4.69, 9.17) is 14.2 Å². The Morgan fingerprint density at radius 2 is 0.565 bits per heavy atom. The number of ether oxygens (including phenoxy) is 3. The molecule has 0 fully saturated rings. The molecule has 1 unspecified atom stereocenters. The lowest BCUT2D eigenvalue weighted by atomic mass is 10.1. The fraction of sp³-hybridized carbons (Fsp3) is 0.698. The van der Waals surface area contributed by atoms with Gasteiger partial charge in [0.05, 0.1) is 0 Å². The van der Waals surface area contributed by atoms with Gasteiger partial charge in [-0.05, 0) is 116 Å². The van der Waals surface area contributed by atoms with E-state index in [1.807, 2.05) is 0 Å². The van der Waals surface area contributed by atoms with Gasteiger partial charge in [0.2, 0.25) is 0 Å². The lowest BCUT2D eigenvalue weighted by molar-refractivity contribution is -0.167. The molecule has 0 radical (unpaired) electrons. The maximum atomic E-state index is 12.8. The van der Waals surface area contributed by atoms with Gasteiger partial charge in [-0.1, -0.05) is 227 Å². The smallest absolute Gasteiger partial charge is 0.306 e. The van der Waals surface area contributed by atoms with Gasteiger partial charge in [-0.3, -0.25) is 14.4 Å². The minimum Gasteiger partial charge on any atom is -0.462 e. The van der Waals surface area contributed by atoms with E-state index < -0.39 is 6.10 Å². The van der Waals surface area contributed by atoms with Crippen molar-refractivity contribution in [2.45, 2.75) is 271 Å². The van der Waals surface area contributed by atoms with E-state index in [9.17, 15) is 14.4 Å². The first-order valence-electron chi connectivity index (χ1n) is 28.7. The van der Waals surface area contributed by atoms with Crippen LogP contribution in [0.2, 0.25) is 0 Å². The predicted molar refractivity (Wildman–Crippen MR) is 297 cm³/mol. The molecule has 69 heavy (non-hydrogen) atoms. The van der Waals surface area contributed by atoms with Crippen LogP contribution in [0.5, 0.6) is 0 Å². The number of esters is 3. The lowest BCUT2D eigenvalue weighted by Crippen LogP contribution is -2.30. The Kier molecular flexibility index (Phi) is 53.9. The molecule has 0 saturated carbocycles. The fourth-order valence-electron chi connectivity index (χ4n) is 7.80. The van der Waals surface area contributed by atoms with Crippen molar-refractivity contribution in [1.29, 1.82) is 0 Å². The molecule has 0 heterocycles. The third kappa shape index (κ3) is 55.1. The molecule has 0 aromatic heterocycles. The van der Waals surface area contributed by atoms with Crippen LogP contribution < -0.4 is 0 Å². The van der Waals surface area contributed by atoms with Crippen molar-refractivity contribution >= 4 is 17.9 Å². The molecule has 0 aliphatic carbocycles. The van der Waals surface area contributed by atoms with Gasteiger partial charge in [0.15, 0.2) is 6.10 Å². The summed E-state index contributed by atoms with van der Waals surface area (Å²) in [6.07, 6.45) is 75.4. The molecule has 0 aromatic rings. The summed E-state index contributed by atoms with van der Waals surface area (Å²) >= 11 is 0. The Morgan fingerprint density at radius 1 is 0.304 bits per heavy atom. The number of carbonyl (C=O) groups excluding carboxylic acids is 3. The van der Waals surface area contributed by atoms with E-state index in [1.165, 1.54) is 103 Å². The van der Waals surface area contributed by atoms with E-state index in [1.54, 1.807) is 0 Å². The highest BCUT2D eigenvalue weighted by Gasteiger charge is 2.19. The highest BCUT2D eigenvalue weighted by Crippen LogP contribution is 2.14.